The predicted molar refractivity (Wildman–Crippen MR) is 119 cm³/mol. The number of carbonyl (C=O) groups excluding carboxylic acids is 3. The largest absolute Gasteiger partial charge is 0.456 e. The molecule has 166 valence electrons. The minimum absolute atomic E-state index is 0.0770. The number of nitrogens with zero attached hydrogens (tertiary/aromatic N) is 2. The number of aryl methyl sites for hydroxylation is 1. The van der Waals surface area contributed by atoms with Crippen molar-refractivity contribution >= 4 is 35.3 Å². The zero-order valence-corrected chi connectivity index (χ0v) is 17.4. The molecule has 1 aliphatic heterocycles. The SMILES string of the molecule is Cc1cccc(NC(=O)CN2C(=O)N/C(=C\c3ccc(-c4ccccc4[N+](=O)[O-])o3)C2=O)c1. The molecule has 3 aromatic rings. The van der Waals surface area contributed by atoms with Gasteiger partial charge < -0.3 is 15.1 Å². The van der Waals surface area contributed by atoms with E-state index in [2.05, 4.69) is 10.6 Å². The molecule has 4 rings (SSSR count). The standard InChI is InChI=1S/C23H18N4O6/c1-14-5-4-6-15(11-14)24-21(28)13-26-22(29)18(25-23(26)30)12-16-9-10-20(33-16)17-7-2-3-8-19(17)27(31)32/h2-12H,13H2,1H3,(H,24,28)(H,25,30)/b18-12-. The first-order valence-electron chi connectivity index (χ1n) is 9.86. The van der Waals surface area contributed by atoms with E-state index >= 15 is 0 Å². The Hall–Kier alpha value is -4.73. The first-order chi connectivity index (χ1) is 15.8. The Balaban J connectivity index is 1.48. The Morgan fingerprint density at radius 3 is 2.70 bits per heavy atom. The average molecular weight is 446 g/mol. The number of nitro groups is 1. The second kappa shape index (κ2) is 8.79. The first kappa shape index (κ1) is 21.5. The highest BCUT2D eigenvalue weighted by atomic mass is 16.6. The maximum absolute atomic E-state index is 12.6. The number of para-hydroxylation sites is 1. The van der Waals surface area contributed by atoms with E-state index in [1.807, 2.05) is 13.0 Å². The number of urea groups is 1. The average Bonchev–Trinajstić information content (AvgIpc) is 3.34. The Bertz CT molecular complexity index is 1310. The highest BCUT2D eigenvalue weighted by Gasteiger charge is 2.35. The van der Waals surface area contributed by atoms with Gasteiger partial charge in [0.1, 0.15) is 23.8 Å². The molecule has 0 atom stereocenters. The minimum Gasteiger partial charge on any atom is -0.456 e. The van der Waals surface area contributed by atoms with Gasteiger partial charge in [-0.1, -0.05) is 24.3 Å². The predicted octanol–water partition coefficient (Wildman–Crippen LogP) is 3.69. The van der Waals surface area contributed by atoms with Crippen LogP contribution >= 0.6 is 0 Å². The fraction of sp³-hybridized carbons (Fsp3) is 0.0870. The number of nitro benzene ring substituents is 1. The number of nitrogens with one attached hydrogen (secondary N) is 2. The quantitative estimate of drug-likeness (QED) is 0.257. The molecule has 33 heavy (non-hydrogen) atoms. The van der Waals surface area contributed by atoms with Gasteiger partial charge in [-0.15, -0.1) is 0 Å². The van der Waals surface area contributed by atoms with Crippen LogP contribution in [-0.2, 0) is 9.59 Å². The number of imide groups is 1. The number of hydrogen-bond acceptors (Lipinski definition) is 6. The number of hydrogen-bond donors (Lipinski definition) is 2. The van der Waals surface area contributed by atoms with Crippen LogP contribution in [0.5, 0.6) is 0 Å². The van der Waals surface area contributed by atoms with Crippen molar-refractivity contribution in [3.05, 3.63) is 87.8 Å². The molecule has 2 heterocycles. The number of furan rings is 1. The summed E-state index contributed by atoms with van der Waals surface area (Å²) < 4.78 is 5.63. The van der Waals surface area contributed by atoms with E-state index in [-0.39, 0.29) is 28.5 Å². The van der Waals surface area contributed by atoms with Gasteiger partial charge in [0.15, 0.2) is 0 Å². The van der Waals surface area contributed by atoms with Crippen LogP contribution in [0.4, 0.5) is 16.2 Å². The van der Waals surface area contributed by atoms with Crippen molar-refractivity contribution < 1.29 is 23.7 Å². The third kappa shape index (κ3) is 4.64. The van der Waals surface area contributed by atoms with Gasteiger partial charge in [-0.05, 0) is 42.8 Å². The van der Waals surface area contributed by atoms with Gasteiger partial charge in [0.2, 0.25) is 5.91 Å². The molecular formula is C23H18N4O6. The van der Waals surface area contributed by atoms with Crippen molar-refractivity contribution in [1.82, 2.24) is 10.2 Å². The summed E-state index contributed by atoms with van der Waals surface area (Å²) in [6.07, 6.45) is 1.30. The summed E-state index contributed by atoms with van der Waals surface area (Å²) in [4.78, 5) is 48.7. The molecule has 0 saturated carbocycles. The summed E-state index contributed by atoms with van der Waals surface area (Å²) in [6.45, 7) is 1.41. The molecule has 0 radical (unpaired) electrons. The van der Waals surface area contributed by atoms with Crippen LogP contribution in [0.15, 0.2) is 70.8 Å². The molecular weight excluding hydrogens is 428 g/mol. The number of carbonyl (C=O) groups is 3. The smallest absolute Gasteiger partial charge is 0.329 e. The molecule has 10 nitrogen and oxygen atoms in total. The zero-order chi connectivity index (χ0) is 23.5. The van der Waals surface area contributed by atoms with Gasteiger partial charge in [-0.25, -0.2) is 9.69 Å². The van der Waals surface area contributed by atoms with E-state index in [0.29, 0.717) is 5.69 Å². The Labute approximate surface area is 187 Å². The van der Waals surface area contributed by atoms with Crippen molar-refractivity contribution in [3.63, 3.8) is 0 Å². The number of benzene rings is 2. The van der Waals surface area contributed by atoms with Crippen molar-refractivity contribution in [2.75, 3.05) is 11.9 Å². The van der Waals surface area contributed by atoms with Gasteiger partial charge >= 0.3 is 6.03 Å². The summed E-state index contributed by atoms with van der Waals surface area (Å²) in [5.74, 6) is -0.775. The second-order valence-corrected chi connectivity index (χ2v) is 7.27. The van der Waals surface area contributed by atoms with Crippen molar-refractivity contribution in [3.8, 4) is 11.3 Å². The normalized spacial score (nSPS) is 14.5. The van der Waals surface area contributed by atoms with Gasteiger partial charge in [0, 0.05) is 17.8 Å². The summed E-state index contributed by atoms with van der Waals surface area (Å²) in [5, 5.41) is 16.3. The van der Waals surface area contributed by atoms with E-state index in [4.69, 9.17) is 4.42 Å². The summed E-state index contributed by atoms with van der Waals surface area (Å²) >= 11 is 0. The van der Waals surface area contributed by atoms with Gasteiger partial charge in [-0.2, -0.15) is 0 Å². The van der Waals surface area contributed by atoms with E-state index in [9.17, 15) is 24.5 Å². The van der Waals surface area contributed by atoms with Gasteiger partial charge in [0.05, 0.1) is 10.5 Å². The van der Waals surface area contributed by atoms with E-state index in [1.165, 1.54) is 24.3 Å². The van der Waals surface area contributed by atoms with E-state index in [0.717, 1.165) is 10.5 Å². The van der Waals surface area contributed by atoms with Crippen LogP contribution in [0.2, 0.25) is 0 Å². The van der Waals surface area contributed by atoms with Gasteiger partial charge in [0.25, 0.3) is 11.6 Å². The fourth-order valence-electron chi connectivity index (χ4n) is 3.34. The summed E-state index contributed by atoms with van der Waals surface area (Å²) in [6, 6.07) is 15.5. The van der Waals surface area contributed by atoms with Crippen LogP contribution in [0.1, 0.15) is 11.3 Å². The molecule has 1 aliphatic rings. The van der Waals surface area contributed by atoms with Crippen molar-refractivity contribution in [2.24, 2.45) is 0 Å². The lowest BCUT2D eigenvalue weighted by Crippen LogP contribution is -2.38. The molecule has 2 N–H and O–H groups in total. The molecule has 2 aromatic carbocycles. The number of anilines is 1. The molecule has 0 unspecified atom stereocenters. The highest BCUT2D eigenvalue weighted by Crippen LogP contribution is 2.31. The van der Waals surface area contributed by atoms with Gasteiger partial charge in [-0.3, -0.25) is 19.7 Å². The molecule has 1 aromatic heterocycles. The number of amides is 4. The molecule has 4 amide bonds. The first-order valence-corrected chi connectivity index (χ1v) is 9.86. The van der Waals surface area contributed by atoms with Crippen LogP contribution in [0, 0.1) is 17.0 Å². The van der Waals surface area contributed by atoms with E-state index in [1.54, 1.807) is 36.4 Å². The Kier molecular flexibility index (Phi) is 5.73. The summed E-state index contributed by atoms with van der Waals surface area (Å²) in [7, 11) is 0. The Morgan fingerprint density at radius 2 is 1.94 bits per heavy atom. The molecule has 10 heteroatoms. The van der Waals surface area contributed by atoms with Crippen LogP contribution < -0.4 is 10.6 Å². The lowest BCUT2D eigenvalue weighted by Gasteiger charge is -2.12. The second-order valence-electron chi connectivity index (χ2n) is 7.27. The van der Waals surface area contributed by atoms with E-state index < -0.39 is 29.3 Å². The van der Waals surface area contributed by atoms with Crippen molar-refractivity contribution in [1.29, 1.82) is 0 Å². The molecule has 0 spiro atoms. The molecule has 1 saturated heterocycles. The fourth-order valence-corrected chi connectivity index (χ4v) is 3.34. The third-order valence-corrected chi connectivity index (χ3v) is 4.85. The number of rotatable bonds is 6. The van der Waals surface area contributed by atoms with Crippen LogP contribution in [0.3, 0.4) is 0 Å². The van der Waals surface area contributed by atoms with Crippen molar-refractivity contribution in [2.45, 2.75) is 6.92 Å². The van der Waals surface area contributed by atoms with Crippen LogP contribution in [0.25, 0.3) is 17.4 Å². The molecule has 0 aliphatic carbocycles. The molecule has 0 bridgehead atoms. The molecule has 1 fully saturated rings. The lowest BCUT2D eigenvalue weighted by atomic mass is 10.1. The lowest BCUT2D eigenvalue weighted by molar-refractivity contribution is -0.384. The maximum atomic E-state index is 12.6. The zero-order valence-electron chi connectivity index (χ0n) is 17.4. The van der Waals surface area contributed by atoms with Crippen LogP contribution in [-0.4, -0.2) is 34.2 Å². The minimum atomic E-state index is -0.740. The topological polar surface area (TPSA) is 135 Å². The summed E-state index contributed by atoms with van der Waals surface area (Å²) in [5.41, 5.74) is 1.59. The monoisotopic (exact) mass is 446 g/mol. The Morgan fingerprint density at radius 1 is 1.15 bits per heavy atom. The highest BCUT2D eigenvalue weighted by molar-refractivity contribution is 6.15. The maximum Gasteiger partial charge on any atom is 0.329 e. The third-order valence-electron chi connectivity index (χ3n) is 4.85.